The highest BCUT2D eigenvalue weighted by Crippen LogP contribution is 2.24. The summed E-state index contributed by atoms with van der Waals surface area (Å²) in [5, 5.41) is 12.8. The van der Waals surface area contributed by atoms with Crippen LogP contribution in [0.25, 0.3) is 0 Å². The number of piperidine rings is 2. The molecule has 5 heteroatoms. The van der Waals surface area contributed by atoms with Gasteiger partial charge >= 0.3 is 0 Å². The first-order chi connectivity index (χ1) is 11.7. The quantitative estimate of drug-likeness (QED) is 0.768. The van der Waals surface area contributed by atoms with Gasteiger partial charge in [-0.25, -0.2) is 0 Å². The Morgan fingerprint density at radius 3 is 2.33 bits per heavy atom. The summed E-state index contributed by atoms with van der Waals surface area (Å²) in [5.74, 6) is 0.166. The van der Waals surface area contributed by atoms with Gasteiger partial charge in [-0.3, -0.25) is 14.6 Å². The second-order valence-corrected chi connectivity index (χ2v) is 8.05. The first-order valence-electron chi connectivity index (χ1n) is 10.1. The minimum Gasteiger partial charge on any atom is -0.393 e. The van der Waals surface area contributed by atoms with Gasteiger partial charge in [0.1, 0.15) is 0 Å². The molecule has 0 aromatic rings. The van der Waals surface area contributed by atoms with Crippen molar-refractivity contribution in [3.05, 3.63) is 0 Å². The molecule has 1 atom stereocenters. The van der Waals surface area contributed by atoms with Crippen LogP contribution in [0.1, 0.15) is 64.2 Å². The van der Waals surface area contributed by atoms with E-state index in [1.54, 1.807) is 0 Å². The molecule has 0 radical (unpaired) electrons. The third-order valence-corrected chi connectivity index (χ3v) is 6.08. The standard InChI is InChI=1S/C19H35N3O2/c23-18-9-12-21(13-10-18)15-19(24)20-16-6-5-11-22(14-16)17-7-3-1-2-4-8-17/h16-18,23H,1-15H2,(H,20,24). The van der Waals surface area contributed by atoms with Gasteiger partial charge in [0.2, 0.25) is 5.91 Å². The van der Waals surface area contributed by atoms with Crippen LogP contribution in [0.3, 0.4) is 0 Å². The number of carbonyl (C=O) groups excluding carboxylic acids is 1. The number of hydrogen-bond donors (Lipinski definition) is 2. The maximum Gasteiger partial charge on any atom is 0.234 e. The van der Waals surface area contributed by atoms with Crippen molar-refractivity contribution in [3.63, 3.8) is 0 Å². The van der Waals surface area contributed by atoms with Crippen molar-refractivity contribution >= 4 is 5.91 Å². The van der Waals surface area contributed by atoms with Crippen molar-refractivity contribution < 1.29 is 9.90 Å². The van der Waals surface area contributed by atoms with Crippen LogP contribution in [0.15, 0.2) is 0 Å². The normalized spacial score (nSPS) is 29.3. The molecule has 3 aliphatic rings. The van der Waals surface area contributed by atoms with Gasteiger partial charge < -0.3 is 10.4 Å². The Kier molecular flexibility index (Phi) is 6.93. The maximum atomic E-state index is 12.4. The monoisotopic (exact) mass is 337 g/mol. The molecule has 1 amide bonds. The van der Waals surface area contributed by atoms with Gasteiger partial charge in [-0.05, 0) is 45.1 Å². The Morgan fingerprint density at radius 2 is 1.62 bits per heavy atom. The molecule has 3 rings (SSSR count). The van der Waals surface area contributed by atoms with E-state index in [-0.39, 0.29) is 12.0 Å². The molecule has 24 heavy (non-hydrogen) atoms. The van der Waals surface area contributed by atoms with Crippen LogP contribution >= 0.6 is 0 Å². The molecule has 3 fully saturated rings. The van der Waals surface area contributed by atoms with E-state index in [1.165, 1.54) is 51.5 Å². The van der Waals surface area contributed by atoms with E-state index in [9.17, 15) is 9.90 Å². The lowest BCUT2D eigenvalue weighted by Gasteiger charge is -2.38. The van der Waals surface area contributed by atoms with E-state index in [0.717, 1.165) is 44.9 Å². The molecule has 138 valence electrons. The fourth-order valence-electron chi connectivity index (χ4n) is 4.63. The zero-order valence-electron chi connectivity index (χ0n) is 15.1. The molecule has 0 bridgehead atoms. The lowest BCUT2D eigenvalue weighted by Crippen LogP contribution is -2.53. The predicted molar refractivity (Wildman–Crippen MR) is 95.9 cm³/mol. The zero-order valence-corrected chi connectivity index (χ0v) is 15.1. The van der Waals surface area contributed by atoms with E-state index >= 15 is 0 Å². The fourth-order valence-corrected chi connectivity index (χ4v) is 4.63. The van der Waals surface area contributed by atoms with Gasteiger partial charge in [-0.15, -0.1) is 0 Å². The minimum atomic E-state index is -0.171. The van der Waals surface area contributed by atoms with Crippen molar-refractivity contribution in [2.75, 3.05) is 32.7 Å². The van der Waals surface area contributed by atoms with E-state index in [4.69, 9.17) is 0 Å². The molecule has 2 saturated heterocycles. The van der Waals surface area contributed by atoms with Crippen LogP contribution in [0.5, 0.6) is 0 Å². The number of carbonyl (C=O) groups is 1. The van der Waals surface area contributed by atoms with Gasteiger partial charge in [0.25, 0.3) is 0 Å². The summed E-state index contributed by atoms with van der Waals surface area (Å²) in [6, 6.07) is 1.07. The van der Waals surface area contributed by atoms with Crippen molar-refractivity contribution in [1.29, 1.82) is 0 Å². The van der Waals surface area contributed by atoms with Gasteiger partial charge in [0.05, 0.1) is 12.6 Å². The number of aliphatic hydroxyl groups excluding tert-OH is 1. The predicted octanol–water partition coefficient (Wildman–Crippen LogP) is 1.75. The molecule has 0 spiro atoms. The third kappa shape index (κ3) is 5.43. The Labute approximate surface area is 146 Å². The molecule has 2 heterocycles. The number of amides is 1. The van der Waals surface area contributed by atoms with Gasteiger partial charge in [0.15, 0.2) is 0 Å². The number of likely N-dealkylation sites (tertiary alicyclic amines) is 2. The minimum absolute atomic E-state index is 0.166. The van der Waals surface area contributed by atoms with Crippen molar-refractivity contribution in [3.8, 4) is 0 Å². The highest BCUT2D eigenvalue weighted by atomic mass is 16.3. The molecule has 1 saturated carbocycles. The van der Waals surface area contributed by atoms with E-state index in [0.29, 0.717) is 12.6 Å². The largest absolute Gasteiger partial charge is 0.393 e. The summed E-state index contributed by atoms with van der Waals surface area (Å²) < 4.78 is 0. The highest BCUT2D eigenvalue weighted by Gasteiger charge is 2.27. The third-order valence-electron chi connectivity index (χ3n) is 6.08. The Morgan fingerprint density at radius 1 is 0.917 bits per heavy atom. The molecule has 1 unspecified atom stereocenters. The van der Waals surface area contributed by atoms with Crippen molar-refractivity contribution in [1.82, 2.24) is 15.1 Å². The SMILES string of the molecule is O=C(CN1CCC(O)CC1)NC1CCCN(C2CCCCCC2)C1. The van der Waals surface area contributed by atoms with E-state index in [2.05, 4.69) is 15.1 Å². The molecule has 1 aliphatic carbocycles. The van der Waals surface area contributed by atoms with Gasteiger partial charge in [-0.1, -0.05) is 25.7 Å². The number of nitrogens with one attached hydrogen (secondary N) is 1. The van der Waals surface area contributed by atoms with E-state index in [1.807, 2.05) is 0 Å². The summed E-state index contributed by atoms with van der Waals surface area (Å²) in [5.41, 5.74) is 0. The first kappa shape index (κ1) is 18.2. The lowest BCUT2D eigenvalue weighted by molar-refractivity contribution is -0.124. The molecule has 0 aromatic heterocycles. The topological polar surface area (TPSA) is 55.8 Å². The van der Waals surface area contributed by atoms with Crippen molar-refractivity contribution in [2.45, 2.75) is 82.4 Å². The van der Waals surface area contributed by atoms with Crippen LogP contribution in [0.2, 0.25) is 0 Å². The van der Waals surface area contributed by atoms with Crippen LogP contribution in [0, 0.1) is 0 Å². The van der Waals surface area contributed by atoms with Gasteiger partial charge in [-0.2, -0.15) is 0 Å². The lowest BCUT2D eigenvalue weighted by atomic mass is 10.00. The van der Waals surface area contributed by atoms with Crippen LogP contribution < -0.4 is 5.32 Å². The second-order valence-electron chi connectivity index (χ2n) is 8.05. The Balaban J connectivity index is 1.42. The Hall–Kier alpha value is -0.650. The highest BCUT2D eigenvalue weighted by molar-refractivity contribution is 5.78. The molecule has 0 aromatic carbocycles. The van der Waals surface area contributed by atoms with Crippen molar-refractivity contribution in [2.24, 2.45) is 0 Å². The molecule has 2 aliphatic heterocycles. The van der Waals surface area contributed by atoms with Crippen LogP contribution in [0.4, 0.5) is 0 Å². The number of hydrogen-bond acceptors (Lipinski definition) is 4. The number of nitrogens with zero attached hydrogens (tertiary/aromatic N) is 2. The summed E-state index contributed by atoms with van der Waals surface area (Å²) in [6.45, 7) is 4.42. The number of aliphatic hydroxyl groups is 1. The first-order valence-corrected chi connectivity index (χ1v) is 10.1. The molecule has 2 N–H and O–H groups in total. The van der Waals surface area contributed by atoms with Crippen LogP contribution in [-0.4, -0.2) is 71.7 Å². The Bertz CT molecular complexity index is 388. The summed E-state index contributed by atoms with van der Waals surface area (Å²) >= 11 is 0. The molecular formula is C19H35N3O2. The average Bonchev–Trinajstić information content (AvgIpc) is 2.86. The summed E-state index contributed by atoms with van der Waals surface area (Å²) in [4.78, 5) is 17.2. The van der Waals surface area contributed by atoms with Crippen LogP contribution in [-0.2, 0) is 4.79 Å². The molecule has 5 nitrogen and oxygen atoms in total. The average molecular weight is 338 g/mol. The smallest absolute Gasteiger partial charge is 0.234 e. The number of rotatable bonds is 4. The molecular weight excluding hydrogens is 302 g/mol. The fraction of sp³-hybridized carbons (Fsp3) is 0.947. The maximum absolute atomic E-state index is 12.4. The summed E-state index contributed by atoms with van der Waals surface area (Å²) in [7, 11) is 0. The summed E-state index contributed by atoms with van der Waals surface area (Å²) in [6.07, 6.45) is 12.0. The van der Waals surface area contributed by atoms with E-state index < -0.39 is 0 Å². The second kappa shape index (κ2) is 9.16. The van der Waals surface area contributed by atoms with Gasteiger partial charge in [0, 0.05) is 31.7 Å². The zero-order chi connectivity index (χ0) is 16.8.